The largest absolute Gasteiger partial charge is 0.268 e. The average molecular weight is 355 g/mol. The highest BCUT2D eigenvalue weighted by molar-refractivity contribution is 7.89. The van der Waals surface area contributed by atoms with E-state index in [1.54, 1.807) is 0 Å². The standard InChI is InChI=1S/C15H15F2N3O3S/c16-11-7-12(17)9-13(8-11)24(22,23)18-4-5-20-15(21)6-10-2-1-3-14(10)19-20/h6-9,18H,1-5H2. The van der Waals surface area contributed by atoms with E-state index in [9.17, 15) is 22.0 Å². The predicted molar refractivity (Wildman–Crippen MR) is 82.1 cm³/mol. The number of nitrogens with one attached hydrogen (secondary N) is 1. The molecule has 1 aliphatic carbocycles. The van der Waals surface area contributed by atoms with Crippen LogP contribution in [-0.4, -0.2) is 24.7 Å². The van der Waals surface area contributed by atoms with Crippen molar-refractivity contribution in [3.8, 4) is 0 Å². The van der Waals surface area contributed by atoms with Gasteiger partial charge in [-0.25, -0.2) is 26.6 Å². The van der Waals surface area contributed by atoms with Gasteiger partial charge in [-0.1, -0.05) is 0 Å². The van der Waals surface area contributed by atoms with Crippen molar-refractivity contribution in [3.63, 3.8) is 0 Å². The molecule has 0 aliphatic heterocycles. The molecule has 128 valence electrons. The summed E-state index contributed by atoms with van der Waals surface area (Å²) in [7, 11) is -4.07. The lowest BCUT2D eigenvalue weighted by Gasteiger charge is -2.09. The number of fused-ring (bicyclic) bond motifs is 1. The third kappa shape index (κ3) is 3.51. The van der Waals surface area contributed by atoms with Crippen LogP contribution >= 0.6 is 0 Å². The maximum atomic E-state index is 13.1. The van der Waals surface area contributed by atoms with Crippen LogP contribution in [0.5, 0.6) is 0 Å². The van der Waals surface area contributed by atoms with Gasteiger partial charge < -0.3 is 0 Å². The van der Waals surface area contributed by atoms with Crippen molar-refractivity contribution < 1.29 is 17.2 Å². The number of sulfonamides is 1. The Bertz CT molecular complexity index is 921. The van der Waals surface area contributed by atoms with Crippen molar-refractivity contribution in [1.82, 2.24) is 14.5 Å². The molecule has 0 unspecified atom stereocenters. The minimum absolute atomic E-state index is 0.0309. The van der Waals surface area contributed by atoms with E-state index in [2.05, 4.69) is 9.82 Å². The molecule has 0 atom stereocenters. The lowest BCUT2D eigenvalue weighted by molar-refractivity contribution is 0.537. The van der Waals surface area contributed by atoms with Gasteiger partial charge >= 0.3 is 0 Å². The van der Waals surface area contributed by atoms with E-state index in [0.29, 0.717) is 6.07 Å². The third-order valence-electron chi connectivity index (χ3n) is 3.79. The number of aryl methyl sites for hydroxylation is 2. The third-order valence-corrected chi connectivity index (χ3v) is 5.23. The van der Waals surface area contributed by atoms with Gasteiger partial charge in [0.1, 0.15) is 11.6 Å². The smallest absolute Gasteiger partial charge is 0.267 e. The summed E-state index contributed by atoms with van der Waals surface area (Å²) in [6, 6.07) is 3.56. The number of rotatable bonds is 5. The van der Waals surface area contributed by atoms with E-state index >= 15 is 0 Å². The molecule has 0 fully saturated rings. The Labute approximate surface area is 137 Å². The van der Waals surface area contributed by atoms with Crippen LogP contribution in [0, 0.1) is 11.6 Å². The molecule has 24 heavy (non-hydrogen) atoms. The fraction of sp³-hybridized carbons (Fsp3) is 0.333. The highest BCUT2D eigenvalue weighted by atomic mass is 32.2. The Morgan fingerprint density at radius 2 is 1.83 bits per heavy atom. The average Bonchev–Trinajstić information content (AvgIpc) is 2.93. The lowest BCUT2D eigenvalue weighted by Crippen LogP contribution is -2.32. The zero-order chi connectivity index (χ0) is 17.3. The summed E-state index contributed by atoms with van der Waals surface area (Å²) in [4.78, 5) is 11.4. The van der Waals surface area contributed by atoms with Gasteiger partial charge in [0.25, 0.3) is 5.56 Å². The predicted octanol–water partition coefficient (Wildman–Crippen LogP) is 0.989. The van der Waals surface area contributed by atoms with Crippen LogP contribution in [0.1, 0.15) is 17.7 Å². The summed E-state index contributed by atoms with van der Waals surface area (Å²) in [6.45, 7) is -0.0880. The van der Waals surface area contributed by atoms with Crippen LogP contribution in [0.3, 0.4) is 0 Å². The molecular formula is C15H15F2N3O3S. The molecule has 0 spiro atoms. The summed E-state index contributed by atoms with van der Waals surface area (Å²) in [5.74, 6) is -1.96. The van der Waals surface area contributed by atoms with Gasteiger partial charge in [-0.3, -0.25) is 4.79 Å². The van der Waals surface area contributed by atoms with Gasteiger partial charge in [-0.15, -0.1) is 0 Å². The molecule has 1 heterocycles. The molecule has 2 aromatic rings. The van der Waals surface area contributed by atoms with Gasteiger partial charge in [0, 0.05) is 18.7 Å². The first-order valence-corrected chi connectivity index (χ1v) is 8.89. The summed E-state index contributed by atoms with van der Waals surface area (Å²) >= 11 is 0. The van der Waals surface area contributed by atoms with Crippen LogP contribution in [-0.2, 0) is 29.4 Å². The number of nitrogens with zero attached hydrogens (tertiary/aromatic N) is 2. The molecular weight excluding hydrogens is 340 g/mol. The summed E-state index contributed by atoms with van der Waals surface area (Å²) in [5.41, 5.74) is 1.49. The van der Waals surface area contributed by atoms with Crippen molar-refractivity contribution in [2.45, 2.75) is 30.7 Å². The second kappa shape index (κ2) is 6.40. The molecule has 0 saturated carbocycles. The van der Waals surface area contributed by atoms with Crippen molar-refractivity contribution in [3.05, 3.63) is 57.5 Å². The van der Waals surface area contributed by atoms with E-state index in [0.717, 1.165) is 42.7 Å². The van der Waals surface area contributed by atoms with Gasteiger partial charge in [0.05, 0.1) is 17.1 Å². The van der Waals surface area contributed by atoms with Crippen molar-refractivity contribution >= 4 is 10.0 Å². The number of halogens is 2. The molecule has 0 bridgehead atoms. The summed E-state index contributed by atoms with van der Waals surface area (Å²) in [6.07, 6.45) is 2.57. The molecule has 0 radical (unpaired) electrons. The number of benzene rings is 1. The number of aromatic nitrogens is 2. The Kier molecular flexibility index (Phi) is 4.46. The minimum atomic E-state index is -4.07. The van der Waals surface area contributed by atoms with E-state index in [1.165, 1.54) is 10.7 Å². The second-order valence-electron chi connectivity index (χ2n) is 5.53. The fourth-order valence-corrected chi connectivity index (χ4v) is 3.71. The Morgan fingerprint density at radius 1 is 1.12 bits per heavy atom. The molecule has 6 nitrogen and oxygen atoms in total. The molecule has 1 N–H and O–H groups in total. The van der Waals surface area contributed by atoms with Crippen LogP contribution in [0.25, 0.3) is 0 Å². The van der Waals surface area contributed by atoms with Crippen molar-refractivity contribution in [2.24, 2.45) is 0 Å². The molecule has 1 aliphatic rings. The first kappa shape index (κ1) is 16.7. The molecule has 9 heteroatoms. The normalized spacial score (nSPS) is 13.9. The topological polar surface area (TPSA) is 81.1 Å². The first-order valence-electron chi connectivity index (χ1n) is 7.41. The van der Waals surface area contributed by atoms with Crippen molar-refractivity contribution in [1.29, 1.82) is 0 Å². The van der Waals surface area contributed by atoms with E-state index in [1.807, 2.05) is 0 Å². The Hall–Kier alpha value is -2.13. The van der Waals surface area contributed by atoms with Crippen LogP contribution in [0.15, 0.2) is 34.0 Å². The molecule has 1 aromatic heterocycles. The first-order chi connectivity index (χ1) is 11.3. The lowest BCUT2D eigenvalue weighted by atomic mass is 10.2. The molecule has 0 amide bonds. The number of hydrogen-bond acceptors (Lipinski definition) is 4. The van der Waals surface area contributed by atoms with E-state index in [4.69, 9.17) is 0 Å². The molecule has 1 aromatic carbocycles. The van der Waals surface area contributed by atoms with E-state index < -0.39 is 26.6 Å². The SMILES string of the molecule is O=c1cc2c(nn1CCNS(=O)(=O)c1cc(F)cc(F)c1)CCC2. The maximum Gasteiger partial charge on any atom is 0.267 e. The van der Waals surface area contributed by atoms with Crippen LogP contribution in [0.2, 0.25) is 0 Å². The van der Waals surface area contributed by atoms with Gasteiger partial charge in [-0.2, -0.15) is 5.10 Å². The van der Waals surface area contributed by atoms with Gasteiger partial charge in [0.15, 0.2) is 0 Å². The van der Waals surface area contributed by atoms with E-state index in [-0.39, 0.29) is 18.6 Å². The van der Waals surface area contributed by atoms with Crippen LogP contribution in [0.4, 0.5) is 8.78 Å². The highest BCUT2D eigenvalue weighted by Crippen LogP contribution is 2.17. The number of hydrogen-bond donors (Lipinski definition) is 1. The monoisotopic (exact) mass is 355 g/mol. The Morgan fingerprint density at radius 3 is 2.54 bits per heavy atom. The molecule has 0 saturated heterocycles. The van der Waals surface area contributed by atoms with Crippen LogP contribution < -0.4 is 10.3 Å². The van der Waals surface area contributed by atoms with Crippen molar-refractivity contribution in [2.75, 3.05) is 6.54 Å². The second-order valence-corrected chi connectivity index (χ2v) is 7.30. The van der Waals surface area contributed by atoms with Gasteiger partial charge in [-0.05, 0) is 37.0 Å². The maximum absolute atomic E-state index is 13.1. The fourth-order valence-electron chi connectivity index (χ4n) is 2.65. The highest BCUT2D eigenvalue weighted by Gasteiger charge is 2.17. The molecule has 3 rings (SSSR count). The summed E-state index contributed by atoms with van der Waals surface area (Å²) < 4.78 is 53.8. The zero-order valence-corrected chi connectivity index (χ0v) is 13.4. The summed E-state index contributed by atoms with van der Waals surface area (Å²) in [5, 5.41) is 4.22. The van der Waals surface area contributed by atoms with Gasteiger partial charge in [0.2, 0.25) is 10.0 Å². The quantitative estimate of drug-likeness (QED) is 0.867. The zero-order valence-electron chi connectivity index (χ0n) is 12.6. The minimum Gasteiger partial charge on any atom is -0.268 e. The Balaban J connectivity index is 1.71.